The van der Waals surface area contributed by atoms with Crippen molar-refractivity contribution < 1.29 is 4.42 Å². The Labute approximate surface area is 93.7 Å². The van der Waals surface area contributed by atoms with Gasteiger partial charge < -0.3 is 9.73 Å². The first-order chi connectivity index (χ1) is 7.93. The zero-order valence-electron chi connectivity index (χ0n) is 8.94. The second kappa shape index (κ2) is 3.96. The summed E-state index contributed by atoms with van der Waals surface area (Å²) >= 11 is 0. The smallest absolute Gasteiger partial charge is 0.133 e. The zero-order chi connectivity index (χ0) is 10.8. The average molecular weight is 215 g/mol. The molecule has 2 aromatic heterocycles. The van der Waals surface area contributed by atoms with E-state index >= 15 is 0 Å². The van der Waals surface area contributed by atoms with Gasteiger partial charge in [-0.2, -0.15) is 0 Å². The SMILES string of the molecule is c1coc(CNc2ncnc3c2CCC3)c1. The van der Waals surface area contributed by atoms with Crippen LogP contribution in [-0.4, -0.2) is 9.97 Å². The van der Waals surface area contributed by atoms with Gasteiger partial charge in [0.1, 0.15) is 17.9 Å². The lowest BCUT2D eigenvalue weighted by Crippen LogP contribution is -2.04. The molecule has 0 radical (unpaired) electrons. The average Bonchev–Trinajstić information content (AvgIpc) is 2.97. The fraction of sp³-hybridized carbons (Fsp3) is 0.333. The molecule has 0 saturated carbocycles. The van der Waals surface area contributed by atoms with E-state index < -0.39 is 0 Å². The summed E-state index contributed by atoms with van der Waals surface area (Å²) in [6, 6.07) is 3.84. The summed E-state index contributed by atoms with van der Waals surface area (Å²) in [5.74, 6) is 1.88. The predicted octanol–water partition coefficient (Wildman–Crippen LogP) is 2.17. The van der Waals surface area contributed by atoms with Crippen LogP contribution >= 0.6 is 0 Å². The Bertz CT molecular complexity index is 479. The standard InChI is InChI=1S/C12H13N3O/c1-4-10-11(5-1)14-8-15-12(10)13-7-9-3-2-6-16-9/h2-3,6,8H,1,4-5,7H2,(H,13,14,15). The normalized spacial score (nSPS) is 13.8. The maximum absolute atomic E-state index is 5.27. The Morgan fingerprint density at radius 1 is 1.31 bits per heavy atom. The molecule has 0 atom stereocenters. The van der Waals surface area contributed by atoms with Crippen LogP contribution in [0.5, 0.6) is 0 Å². The van der Waals surface area contributed by atoms with Crippen LogP contribution in [-0.2, 0) is 19.4 Å². The topological polar surface area (TPSA) is 51.0 Å². The fourth-order valence-corrected chi connectivity index (χ4v) is 2.10. The molecule has 4 heteroatoms. The quantitative estimate of drug-likeness (QED) is 0.852. The van der Waals surface area contributed by atoms with Crippen molar-refractivity contribution in [2.45, 2.75) is 25.8 Å². The molecule has 0 spiro atoms. The van der Waals surface area contributed by atoms with Crippen LogP contribution in [0.1, 0.15) is 23.4 Å². The summed E-state index contributed by atoms with van der Waals surface area (Å²) in [7, 11) is 0. The molecule has 1 aliphatic carbocycles. The number of fused-ring (bicyclic) bond motifs is 1. The molecule has 0 aromatic carbocycles. The van der Waals surface area contributed by atoms with Gasteiger partial charge in [-0.3, -0.25) is 0 Å². The largest absolute Gasteiger partial charge is 0.467 e. The first-order valence-electron chi connectivity index (χ1n) is 5.52. The molecule has 2 heterocycles. The van der Waals surface area contributed by atoms with Crippen molar-refractivity contribution in [2.24, 2.45) is 0 Å². The molecule has 16 heavy (non-hydrogen) atoms. The summed E-state index contributed by atoms with van der Waals surface area (Å²) in [4.78, 5) is 8.58. The van der Waals surface area contributed by atoms with Crippen molar-refractivity contribution in [3.63, 3.8) is 0 Å². The number of hydrogen-bond acceptors (Lipinski definition) is 4. The van der Waals surface area contributed by atoms with Gasteiger partial charge in [0.2, 0.25) is 0 Å². The van der Waals surface area contributed by atoms with Gasteiger partial charge in [-0.15, -0.1) is 0 Å². The van der Waals surface area contributed by atoms with E-state index in [1.165, 1.54) is 17.7 Å². The molecule has 0 bridgehead atoms. The van der Waals surface area contributed by atoms with E-state index in [1.807, 2.05) is 12.1 Å². The molecule has 1 aliphatic rings. The molecular weight excluding hydrogens is 202 g/mol. The Balaban J connectivity index is 1.78. The van der Waals surface area contributed by atoms with Gasteiger partial charge in [0.05, 0.1) is 12.8 Å². The van der Waals surface area contributed by atoms with Gasteiger partial charge in [-0.25, -0.2) is 9.97 Å². The van der Waals surface area contributed by atoms with Crippen LogP contribution in [0, 0.1) is 0 Å². The Hall–Kier alpha value is -1.84. The zero-order valence-corrected chi connectivity index (χ0v) is 8.94. The molecule has 0 fully saturated rings. The number of anilines is 1. The van der Waals surface area contributed by atoms with E-state index in [-0.39, 0.29) is 0 Å². The third-order valence-corrected chi connectivity index (χ3v) is 2.89. The lowest BCUT2D eigenvalue weighted by molar-refractivity contribution is 0.517. The van der Waals surface area contributed by atoms with E-state index in [1.54, 1.807) is 12.6 Å². The Morgan fingerprint density at radius 3 is 3.19 bits per heavy atom. The van der Waals surface area contributed by atoms with Gasteiger partial charge in [-0.1, -0.05) is 0 Å². The van der Waals surface area contributed by atoms with Crippen molar-refractivity contribution in [2.75, 3.05) is 5.32 Å². The minimum Gasteiger partial charge on any atom is -0.467 e. The van der Waals surface area contributed by atoms with Crippen molar-refractivity contribution in [1.82, 2.24) is 9.97 Å². The van der Waals surface area contributed by atoms with Crippen molar-refractivity contribution >= 4 is 5.82 Å². The monoisotopic (exact) mass is 215 g/mol. The number of aromatic nitrogens is 2. The highest BCUT2D eigenvalue weighted by atomic mass is 16.3. The number of furan rings is 1. The van der Waals surface area contributed by atoms with Gasteiger partial charge in [-0.05, 0) is 31.4 Å². The lowest BCUT2D eigenvalue weighted by atomic mass is 10.2. The predicted molar refractivity (Wildman–Crippen MR) is 60.1 cm³/mol. The molecule has 82 valence electrons. The first-order valence-corrected chi connectivity index (χ1v) is 5.52. The fourth-order valence-electron chi connectivity index (χ4n) is 2.10. The van der Waals surface area contributed by atoms with Gasteiger partial charge in [0, 0.05) is 11.3 Å². The summed E-state index contributed by atoms with van der Waals surface area (Å²) < 4.78 is 5.27. The van der Waals surface area contributed by atoms with E-state index in [0.29, 0.717) is 6.54 Å². The van der Waals surface area contributed by atoms with Gasteiger partial charge in [0.15, 0.2) is 0 Å². The highest BCUT2D eigenvalue weighted by Crippen LogP contribution is 2.25. The highest BCUT2D eigenvalue weighted by molar-refractivity contribution is 5.47. The molecule has 0 saturated heterocycles. The number of nitrogens with one attached hydrogen (secondary N) is 1. The Kier molecular flexibility index (Phi) is 2.33. The summed E-state index contributed by atoms with van der Waals surface area (Å²) in [6.07, 6.45) is 6.66. The second-order valence-corrected chi connectivity index (χ2v) is 3.93. The summed E-state index contributed by atoms with van der Waals surface area (Å²) in [5.41, 5.74) is 2.46. The third-order valence-electron chi connectivity index (χ3n) is 2.89. The highest BCUT2D eigenvalue weighted by Gasteiger charge is 2.16. The van der Waals surface area contributed by atoms with Gasteiger partial charge >= 0.3 is 0 Å². The van der Waals surface area contributed by atoms with Crippen LogP contribution in [0.2, 0.25) is 0 Å². The second-order valence-electron chi connectivity index (χ2n) is 3.93. The van der Waals surface area contributed by atoms with E-state index in [9.17, 15) is 0 Å². The van der Waals surface area contributed by atoms with Crippen LogP contribution < -0.4 is 5.32 Å². The van der Waals surface area contributed by atoms with Crippen LogP contribution in [0.4, 0.5) is 5.82 Å². The maximum atomic E-state index is 5.27. The molecule has 0 amide bonds. The minimum absolute atomic E-state index is 0.677. The van der Waals surface area contributed by atoms with E-state index in [4.69, 9.17) is 4.42 Å². The summed E-state index contributed by atoms with van der Waals surface area (Å²) in [6.45, 7) is 0.677. The molecule has 4 nitrogen and oxygen atoms in total. The molecule has 3 rings (SSSR count). The van der Waals surface area contributed by atoms with Crippen LogP contribution in [0.3, 0.4) is 0 Å². The van der Waals surface area contributed by atoms with Crippen molar-refractivity contribution in [1.29, 1.82) is 0 Å². The minimum atomic E-state index is 0.677. The van der Waals surface area contributed by atoms with E-state index in [0.717, 1.165) is 24.4 Å². The number of nitrogens with zero attached hydrogens (tertiary/aromatic N) is 2. The molecule has 2 aromatic rings. The molecule has 0 aliphatic heterocycles. The number of hydrogen-bond donors (Lipinski definition) is 1. The first kappa shape index (κ1) is 9.39. The molecule has 0 unspecified atom stereocenters. The van der Waals surface area contributed by atoms with Crippen LogP contribution in [0.25, 0.3) is 0 Å². The number of rotatable bonds is 3. The number of aryl methyl sites for hydroxylation is 1. The summed E-state index contributed by atoms with van der Waals surface area (Å²) in [5, 5.41) is 3.30. The van der Waals surface area contributed by atoms with E-state index in [2.05, 4.69) is 15.3 Å². The van der Waals surface area contributed by atoms with Crippen molar-refractivity contribution in [3.05, 3.63) is 41.7 Å². The van der Waals surface area contributed by atoms with Crippen molar-refractivity contribution in [3.8, 4) is 0 Å². The Morgan fingerprint density at radius 2 is 2.31 bits per heavy atom. The van der Waals surface area contributed by atoms with Crippen LogP contribution in [0.15, 0.2) is 29.1 Å². The molecular formula is C12H13N3O. The maximum Gasteiger partial charge on any atom is 0.133 e. The third kappa shape index (κ3) is 1.66. The molecule has 1 N–H and O–H groups in total. The lowest BCUT2D eigenvalue weighted by Gasteiger charge is -2.07. The van der Waals surface area contributed by atoms with Gasteiger partial charge in [0.25, 0.3) is 0 Å².